The number of ether oxygens (including phenoxy) is 2. The molecule has 0 saturated heterocycles. The number of nitrogens with zero attached hydrogens (tertiary/aromatic N) is 1. The number of likely N-dealkylation sites (N-methyl/N-ethyl adjacent to an activating group) is 1. The van der Waals surface area contributed by atoms with Gasteiger partial charge in [-0.1, -0.05) is 359 Å². The van der Waals surface area contributed by atoms with Crippen molar-refractivity contribution in [1.82, 2.24) is 0 Å². The molecule has 2 unspecified atom stereocenters. The first kappa shape index (κ1) is 83.5. The zero-order valence-electron chi connectivity index (χ0n) is 57.6. The number of esters is 2. The lowest BCUT2D eigenvalue weighted by atomic mass is 10.0. The van der Waals surface area contributed by atoms with E-state index in [1.807, 2.05) is 21.1 Å². The maximum atomic E-state index is 12.9. The lowest BCUT2D eigenvalue weighted by Gasteiger charge is -2.24. The van der Waals surface area contributed by atoms with Crippen LogP contribution in [0.1, 0.15) is 393 Å². The van der Waals surface area contributed by atoms with E-state index in [4.69, 9.17) is 18.5 Å². The fourth-order valence-electron chi connectivity index (χ4n) is 11.5. The summed E-state index contributed by atoms with van der Waals surface area (Å²) in [6.07, 6.45) is 84.5. The van der Waals surface area contributed by atoms with Gasteiger partial charge in [0.1, 0.15) is 19.8 Å². The van der Waals surface area contributed by atoms with Crippen LogP contribution in [0.3, 0.4) is 0 Å². The normalized spacial score (nSPS) is 13.2. The fourth-order valence-corrected chi connectivity index (χ4v) is 12.2. The second kappa shape index (κ2) is 66.9. The number of phosphoric acid groups is 1. The summed E-state index contributed by atoms with van der Waals surface area (Å²) in [7, 11) is 1.50. The largest absolute Gasteiger partial charge is 0.472 e. The highest BCUT2D eigenvalue weighted by atomic mass is 31.2. The molecule has 0 aromatic rings. The van der Waals surface area contributed by atoms with Gasteiger partial charge in [-0.25, -0.2) is 4.57 Å². The Hall–Kier alpha value is -1.51. The molecule has 0 spiro atoms. The van der Waals surface area contributed by atoms with Gasteiger partial charge in [-0.15, -0.1) is 0 Å². The van der Waals surface area contributed by atoms with E-state index < -0.39 is 26.5 Å². The van der Waals surface area contributed by atoms with Crippen molar-refractivity contribution in [3.63, 3.8) is 0 Å². The third-order valence-electron chi connectivity index (χ3n) is 17.2. The van der Waals surface area contributed by atoms with Crippen LogP contribution >= 0.6 is 7.82 Å². The Balaban J connectivity index is 3.95. The van der Waals surface area contributed by atoms with Crippen molar-refractivity contribution in [3.05, 3.63) is 24.3 Å². The lowest BCUT2D eigenvalue weighted by molar-refractivity contribution is -0.870. The van der Waals surface area contributed by atoms with E-state index in [2.05, 4.69) is 38.2 Å². The fraction of sp³-hybridized carbons (Fsp3) is 0.920. The van der Waals surface area contributed by atoms with Crippen LogP contribution in [0, 0.1) is 0 Å². The predicted molar refractivity (Wildman–Crippen MR) is 367 cm³/mol. The van der Waals surface area contributed by atoms with Crippen LogP contribution in [0.5, 0.6) is 0 Å². The molecule has 0 amide bonds. The molecule has 85 heavy (non-hydrogen) atoms. The minimum atomic E-state index is -4.39. The van der Waals surface area contributed by atoms with Gasteiger partial charge >= 0.3 is 19.8 Å². The maximum absolute atomic E-state index is 12.9. The Morgan fingerprint density at radius 2 is 0.635 bits per heavy atom. The molecule has 0 aliphatic carbocycles. The Bertz CT molecular complexity index is 1480. The van der Waals surface area contributed by atoms with Crippen LogP contribution in [-0.4, -0.2) is 74.9 Å². The van der Waals surface area contributed by atoms with Crippen molar-refractivity contribution >= 4 is 19.8 Å². The Labute approximate surface area is 529 Å². The van der Waals surface area contributed by atoms with E-state index in [1.165, 1.54) is 321 Å². The number of carbonyl (C=O) groups is 2. The number of allylic oxidation sites excluding steroid dienone is 4. The van der Waals surface area contributed by atoms with Crippen molar-refractivity contribution < 1.29 is 42.1 Å². The molecule has 0 heterocycles. The molecule has 0 aliphatic heterocycles. The molecule has 0 bridgehead atoms. The number of hydrogen-bond donors (Lipinski definition) is 1. The Kier molecular flexibility index (Phi) is 65.7. The van der Waals surface area contributed by atoms with E-state index >= 15 is 0 Å². The summed E-state index contributed by atoms with van der Waals surface area (Å²) in [5.74, 6) is -0.771. The summed E-state index contributed by atoms with van der Waals surface area (Å²) in [5, 5.41) is 0. The van der Waals surface area contributed by atoms with Crippen LogP contribution in [0.25, 0.3) is 0 Å². The zero-order chi connectivity index (χ0) is 61.9. The summed E-state index contributed by atoms with van der Waals surface area (Å²) in [5.41, 5.74) is 0. The molecule has 2 atom stereocenters. The van der Waals surface area contributed by atoms with E-state index in [9.17, 15) is 19.0 Å². The number of rotatable bonds is 71. The average molecular weight is 1220 g/mol. The topological polar surface area (TPSA) is 108 Å². The highest BCUT2D eigenvalue weighted by Crippen LogP contribution is 2.43. The van der Waals surface area contributed by atoms with Gasteiger partial charge in [0.15, 0.2) is 6.10 Å². The minimum absolute atomic E-state index is 0.0358. The molecule has 0 rings (SSSR count). The van der Waals surface area contributed by atoms with E-state index in [0.717, 1.165) is 38.5 Å². The summed E-state index contributed by atoms with van der Waals surface area (Å²) < 4.78 is 34.8. The first-order valence-corrected chi connectivity index (χ1v) is 39.1. The zero-order valence-corrected chi connectivity index (χ0v) is 58.5. The van der Waals surface area contributed by atoms with Crippen LogP contribution in [0.15, 0.2) is 24.3 Å². The average Bonchev–Trinajstić information content (AvgIpc) is 3.50. The number of phosphoric ester groups is 1. The van der Waals surface area contributed by atoms with Gasteiger partial charge < -0.3 is 18.9 Å². The molecular formula is C75H147NO8P+. The minimum Gasteiger partial charge on any atom is -0.462 e. The van der Waals surface area contributed by atoms with Crippen molar-refractivity contribution in [2.75, 3.05) is 47.5 Å². The highest BCUT2D eigenvalue weighted by Gasteiger charge is 2.27. The summed E-state index contributed by atoms with van der Waals surface area (Å²) in [6.45, 7) is 4.51. The number of unbranched alkanes of at least 4 members (excludes halogenated alkanes) is 53. The van der Waals surface area contributed by atoms with Crippen LogP contribution < -0.4 is 0 Å². The molecule has 10 heteroatoms. The maximum Gasteiger partial charge on any atom is 0.472 e. The molecule has 0 aliphatic rings. The van der Waals surface area contributed by atoms with Gasteiger partial charge in [0, 0.05) is 12.8 Å². The first-order chi connectivity index (χ1) is 41.5. The Morgan fingerprint density at radius 1 is 0.365 bits per heavy atom. The van der Waals surface area contributed by atoms with Gasteiger partial charge in [-0.3, -0.25) is 18.6 Å². The molecule has 504 valence electrons. The van der Waals surface area contributed by atoms with Crippen LogP contribution in [0.2, 0.25) is 0 Å². The number of hydrogen-bond acceptors (Lipinski definition) is 7. The third-order valence-corrected chi connectivity index (χ3v) is 18.2. The summed E-state index contributed by atoms with van der Waals surface area (Å²) in [4.78, 5) is 35.9. The molecule has 0 aromatic heterocycles. The molecular weight excluding hydrogens is 1070 g/mol. The third kappa shape index (κ3) is 71.4. The standard InChI is InChI=1S/C75H146NO8P/c1-6-8-10-12-14-16-18-20-22-24-26-28-30-32-34-36-38-40-42-44-46-48-50-52-54-56-58-60-62-64-66-68-75(78)84-73(72-83-85(79,80)82-70-69-76(3,4)5)71-81-74(77)67-65-63-61-59-57-55-53-51-49-47-45-43-41-39-37-35-33-31-29-27-25-23-21-19-17-15-13-11-9-7-2/h18,20,24,26,73H,6-17,19,21-23,25,27-72H2,1-5H3/p+1/b20-18-,26-24-. The second-order valence-electron chi connectivity index (χ2n) is 27.0. The van der Waals surface area contributed by atoms with Crippen molar-refractivity contribution in [1.29, 1.82) is 0 Å². The highest BCUT2D eigenvalue weighted by molar-refractivity contribution is 7.47. The second-order valence-corrected chi connectivity index (χ2v) is 28.5. The van der Waals surface area contributed by atoms with Gasteiger partial charge in [0.25, 0.3) is 0 Å². The molecule has 9 nitrogen and oxygen atoms in total. The predicted octanol–water partition coefficient (Wildman–Crippen LogP) is 24.4. The number of carbonyl (C=O) groups excluding carboxylic acids is 2. The Morgan fingerprint density at radius 3 is 0.929 bits per heavy atom. The molecule has 0 aromatic carbocycles. The van der Waals surface area contributed by atoms with Crippen LogP contribution in [-0.2, 0) is 32.7 Å². The van der Waals surface area contributed by atoms with E-state index in [1.54, 1.807) is 0 Å². The SMILES string of the molecule is CCCCCCC/C=C\C/C=C\CCCCCCCCCCCCCCCCCCCCCC(=O)OC(COC(=O)CCCCCCCCCCCCCCCCCCCCCCCCCCCCCCCC)COP(=O)(O)OCC[N+](C)(C)C. The quantitative estimate of drug-likeness (QED) is 0.0211. The number of quaternary nitrogens is 1. The molecule has 0 radical (unpaired) electrons. The molecule has 0 saturated carbocycles. The molecule has 0 fully saturated rings. The van der Waals surface area contributed by atoms with Gasteiger partial charge in [-0.2, -0.15) is 0 Å². The van der Waals surface area contributed by atoms with Crippen LogP contribution in [0.4, 0.5) is 0 Å². The summed E-state index contributed by atoms with van der Waals surface area (Å²) >= 11 is 0. The first-order valence-electron chi connectivity index (χ1n) is 37.6. The monoisotopic (exact) mass is 1220 g/mol. The van der Waals surface area contributed by atoms with E-state index in [-0.39, 0.29) is 25.6 Å². The van der Waals surface area contributed by atoms with E-state index in [0.29, 0.717) is 23.9 Å². The van der Waals surface area contributed by atoms with Gasteiger partial charge in [-0.05, 0) is 44.9 Å². The van der Waals surface area contributed by atoms with Crippen molar-refractivity contribution in [2.24, 2.45) is 0 Å². The lowest BCUT2D eigenvalue weighted by Crippen LogP contribution is -2.37. The summed E-state index contributed by atoms with van der Waals surface area (Å²) in [6, 6.07) is 0. The van der Waals surface area contributed by atoms with Gasteiger partial charge in [0.2, 0.25) is 0 Å². The molecule has 1 N–H and O–H groups in total. The van der Waals surface area contributed by atoms with Crippen molar-refractivity contribution in [3.8, 4) is 0 Å². The van der Waals surface area contributed by atoms with Gasteiger partial charge in [0.05, 0.1) is 27.7 Å². The smallest absolute Gasteiger partial charge is 0.462 e. The van der Waals surface area contributed by atoms with Crippen molar-refractivity contribution in [2.45, 2.75) is 399 Å².